The van der Waals surface area contributed by atoms with E-state index in [9.17, 15) is 19.2 Å². The monoisotopic (exact) mass is 768 g/mol. The molecule has 0 radical (unpaired) electrons. The summed E-state index contributed by atoms with van der Waals surface area (Å²) < 4.78 is 13.0. The second kappa shape index (κ2) is 19.6. The van der Waals surface area contributed by atoms with Gasteiger partial charge in [0.25, 0.3) is 5.56 Å². The van der Waals surface area contributed by atoms with Crippen LogP contribution >= 0.6 is 0 Å². The topological polar surface area (TPSA) is 172 Å². The predicted molar refractivity (Wildman–Crippen MR) is 217 cm³/mol. The van der Waals surface area contributed by atoms with Gasteiger partial charge >= 0.3 is 0 Å². The number of piperidine rings is 2. The first kappa shape index (κ1) is 40.5. The summed E-state index contributed by atoms with van der Waals surface area (Å²) in [5.74, 6) is 1.30. The minimum absolute atomic E-state index is 0.0466. The second-order valence-electron chi connectivity index (χ2n) is 14.9. The van der Waals surface area contributed by atoms with E-state index in [0.717, 1.165) is 67.7 Å². The van der Waals surface area contributed by atoms with E-state index >= 15 is 0 Å². The summed E-state index contributed by atoms with van der Waals surface area (Å²) in [6.07, 6.45) is 13.5. The predicted octanol–water partition coefficient (Wildman–Crippen LogP) is 4.59. The van der Waals surface area contributed by atoms with Crippen LogP contribution in [0.2, 0.25) is 0 Å². The number of hydrogen-bond donors (Lipinski definition) is 5. The molecule has 4 heterocycles. The Balaban J connectivity index is 0.813. The molecule has 1 atom stereocenters. The van der Waals surface area contributed by atoms with Crippen molar-refractivity contribution < 1.29 is 23.9 Å². The summed E-state index contributed by atoms with van der Waals surface area (Å²) in [4.78, 5) is 51.1. The number of anilines is 1. The number of nitrogens with zero attached hydrogens (tertiary/aromatic N) is 3. The van der Waals surface area contributed by atoms with Gasteiger partial charge in [-0.2, -0.15) is 5.10 Å². The number of carbonyl (C=O) groups excluding carboxylic acids is 3. The number of nitrogens with one attached hydrogen (secondary N) is 5. The average molecular weight is 769 g/mol. The van der Waals surface area contributed by atoms with E-state index in [1.165, 1.54) is 35.8 Å². The number of fused-ring (bicyclic) bond motifs is 1. The van der Waals surface area contributed by atoms with Crippen LogP contribution in [0.15, 0.2) is 53.6 Å². The van der Waals surface area contributed by atoms with Crippen LogP contribution < -0.4 is 36.3 Å². The number of aromatic amines is 1. The van der Waals surface area contributed by atoms with E-state index in [4.69, 9.17) is 9.47 Å². The van der Waals surface area contributed by atoms with Crippen molar-refractivity contribution in [2.24, 2.45) is 7.05 Å². The fraction of sp³-hybridized carbons (Fsp3) is 0.500. The number of H-pyrrole nitrogens is 1. The maximum Gasteiger partial charge on any atom is 0.276 e. The maximum atomic E-state index is 12.6. The van der Waals surface area contributed by atoms with E-state index in [1.54, 1.807) is 33.7 Å². The Hall–Kier alpha value is -5.21. The van der Waals surface area contributed by atoms with Gasteiger partial charge in [-0.05, 0) is 93.0 Å². The molecule has 14 nitrogen and oxygen atoms in total. The molecule has 6 rings (SSSR count). The molecule has 0 saturated carbocycles. The number of likely N-dealkylation sites (tertiary alicyclic amines) is 1. The van der Waals surface area contributed by atoms with Crippen LogP contribution in [0.1, 0.15) is 81.3 Å². The molecule has 56 heavy (non-hydrogen) atoms. The van der Waals surface area contributed by atoms with Gasteiger partial charge in [-0.25, -0.2) is 0 Å². The maximum absolute atomic E-state index is 12.6. The lowest BCUT2D eigenvalue weighted by Gasteiger charge is -2.32. The van der Waals surface area contributed by atoms with Gasteiger partial charge in [0.1, 0.15) is 23.1 Å². The number of ether oxygens (including phenoxy) is 2. The lowest BCUT2D eigenvalue weighted by molar-refractivity contribution is -0.133. The molecule has 2 aliphatic rings. The minimum atomic E-state index is -0.360. The van der Waals surface area contributed by atoms with Crippen molar-refractivity contribution in [2.45, 2.75) is 82.7 Å². The highest BCUT2D eigenvalue weighted by Crippen LogP contribution is 2.37. The fourth-order valence-electron chi connectivity index (χ4n) is 7.83. The number of imide groups is 1. The molecular weight excluding hydrogens is 713 g/mol. The van der Waals surface area contributed by atoms with E-state index in [2.05, 4.69) is 48.5 Å². The van der Waals surface area contributed by atoms with Gasteiger partial charge in [0.15, 0.2) is 0 Å². The first-order valence-corrected chi connectivity index (χ1v) is 19.9. The first-order valence-electron chi connectivity index (χ1n) is 19.9. The summed E-state index contributed by atoms with van der Waals surface area (Å²) >= 11 is 0. The number of unbranched alkanes of at least 4 members (excludes halogenated alkanes) is 5. The summed E-state index contributed by atoms with van der Waals surface area (Å²) in [6.45, 7) is 4.62. The van der Waals surface area contributed by atoms with Crippen molar-refractivity contribution in [1.82, 2.24) is 35.6 Å². The number of methoxy groups -OCH3 is 2. The van der Waals surface area contributed by atoms with Gasteiger partial charge in [0, 0.05) is 55.0 Å². The van der Waals surface area contributed by atoms with Gasteiger partial charge in [-0.3, -0.25) is 29.6 Å². The molecule has 1 unspecified atom stereocenters. The largest absolute Gasteiger partial charge is 0.496 e. The number of pyridine rings is 1. The zero-order valence-electron chi connectivity index (χ0n) is 32.9. The Morgan fingerprint density at radius 2 is 1.62 bits per heavy atom. The van der Waals surface area contributed by atoms with Gasteiger partial charge in [0.05, 0.1) is 27.0 Å². The summed E-state index contributed by atoms with van der Waals surface area (Å²) in [5, 5.41) is 19.5. The Labute approximate surface area is 328 Å². The van der Waals surface area contributed by atoms with Gasteiger partial charge < -0.3 is 34.9 Å². The molecule has 0 aliphatic carbocycles. The van der Waals surface area contributed by atoms with Crippen LogP contribution in [0.25, 0.3) is 22.0 Å². The van der Waals surface area contributed by atoms with Crippen LogP contribution in [0.3, 0.4) is 0 Å². The standard InChI is InChI=1S/C42H56N8O6/c1-49-27-34(32-25-45-48-40(32)42(49)54)30-22-36(55-2)33(37(23-30)56-3)24-43-26-39(52)44-18-8-6-4-5-7-9-19-50-20-16-29(17-21-50)28-10-12-31(13-11-28)46-35-14-15-38(51)47-41(35)53/h10-13,22-23,25,27,29,35,43,46H,4-9,14-21,24,26H2,1-3H3,(H,44,52)(H,45,48)(H,47,51,53). The van der Waals surface area contributed by atoms with E-state index < -0.39 is 0 Å². The fourth-order valence-corrected chi connectivity index (χ4v) is 7.83. The van der Waals surface area contributed by atoms with Crippen LogP contribution in [-0.2, 0) is 28.0 Å². The molecule has 300 valence electrons. The van der Waals surface area contributed by atoms with Gasteiger partial charge in [-0.15, -0.1) is 0 Å². The normalized spacial score (nSPS) is 16.5. The third-order valence-corrected chi connectivity index (χ3v) is 11.1. The smallest absolute Gasteiger partial charge is 0.276 e. The Kier molecular flexibility index (Phi) is 14.1. The zero-order chi connectivity index (χ0) is 39.4. The SMILES string of the molecule is COc1cc(-c2cn(C)c(=O)c3[nH]ncc23)cc(OC)c1CNCC(=O)NCCCCCCCCN1CCC(c2ccc(NC3CCC(=O)NC3=O)cc2)CC1. The van der Waals surface area contributed by atoms with Crippen molar-refractivity contribution in [1.29, 1.82) is 0 Å². The first-order chi connectivity index (χ1) is 27.2. The number of carbonyl (C=O) groups is 3. The van der Waals surface area contributed by atoms with Crippen LogP contribution in [0, 0.1) is 0 Å². The van der Waals surface area contributed by atoms with Gasteiger partial charge in [-0.1, -0.05) is 37.8 Å². The molecular formula is C42H56N8O6. The van der Waals surface area contributed by atoms with Crippen LogP contribution in [-0.4, -0.2) is 90.4 Å². The summed E-state index contributed by atoms with van der Waals surface area (Å²) in [6, 6.07) is 11.9. The lowest BCUT2D eigenvalue weighted by atomic mass is 9.89. The number of amides is 3. The van der Waals surface area contributed by atoms with E-state index in [0.29, 0.717) is 54.3 Å². The second-order valence-corrected chi connectivity index (χ2v) is 14.9. The van der Waals surface area contributed by atoms with E-state index in [1.807, 2.05) is 24.3 Å². The molecule has 0 spiro atoms. The van der Waals surface area contributed by atoms with Crippen LogP contribution in [0.4, 0.5) is 5.69 Å². The third-order valence-electron chi connectivity index (χ3n) is 11.1. The highest BCUT2D eigenvalue weighted by molar-refractivity contribution is 6.01. The minimum Gasteiger partial charge on any atom is -0.496 e. The number of hydrogen-bond acceptors (Lipinski definition) is 10. The zero-order valence-corrected chi connectivity index (χ0v) is 32.9. The molecule has 14 heteroatoms. The molecule has 2 aromatic heterocycles. The van der Waals surface area contributed by atoms with E-state index in [-0.39, 0.29) is 35.9 Å². The Morgan fingerprint density at radius 1 is 0.929 bits per heavy atom. The average Bonchev–Trinajstić information content (AvgIpc) is 3.71. The Bertz CT molecular complexity index is 1990. The lowest BCUT2D eigenvalue weighted by Crippen LogP contribution is -2.47. The van der Waals surface area contributed by atoms with Crippen molar-refractivity contribution in [3.8, 4) is 22.6 Å². The summed E-state index contributed by atoms with van der Waals surface area (Å²) in [7, 11) is 4.91. The molecule has 5 N–H and O–H groups in total. The molecule has 2 aliphatic heterocycles. The molecule has 2 saturated heterocycles. The molecule has 2 fully saturated rings. The quantitative estimate of drug-likeness (QED) is 0.0672. The molecule has 3 amide bonds. The number of rotatable bonds is 19. The summed E-state index contributed by atoms with van der Waals surface area (Å²) in [5.41, 5.74) is 4.99. The Morgan fingerprint density at radius 3 is 2.32 bits per heavy atom. The van der Waals surface area contributed by atoms with Crippen LogP contribution in [0.5, 0.6) is 11.5 Å². The number of aromatic nitrogens is 3. The van der Waals surface area contributed by atoms with Gasteiger partial charge in [0.2, 0.25) is 17.7 Å². The highest BCUT2D eigenvalue weighted by Gasteiger charge is 2.27. The molecule has 4 aromatic rings. The number of aryl methyl sites for hydroxylation is 1. The van der Waals surface area contributed by atoms with Crippen molar-refractivity contribution >= 4 is 34.3 Å². The highest BCUT2D eigenvalue weighted by atomic mass is 16.5. The number of benzene rings is 2. The molecule has 2 aromatic carbocycles. The van der Waals surface area contributed by atoms with Crippen molar-refractivity contribution in [3.63, 3.8) is 0 Å². The molecule has 0 bridgehead atoms. The third kappa shape index (κ3) is 10.3. The van der Waals surface area contributed by atoms with Crippen molar-refractivity contribution in [2.75, 3.05) is 52.3 Å². The van der Waals surface area contributed by atoms with Crippen molar-refractivity contribution in [3.05, 3.63) is 70.3 Å².